The van der Waals surface area contributed by atoms with Crippen LogP contribution in [0.15, 0.2) is 17.0 Å². The molecule has 3 amide bonds. The normalized spacial score (nSPS) is 18.8. The molecule has 0 unspecified atom stereocenters. The predicted molar refractivity (Wildman–Crippen MR) is 105 cm³/mol. The first-order valence-corrected chi connectivity index (χ1v) is 9.66. The molecule has 2 saturated heterocycles. The van der Waals surface area contributed by atoms with E-state index in [-0.39, 0.29) is 17.4 Å². The molecule has 10 heteroatoms. The fourth-order valence-corrected chi connectivity index (χ4v) is 3.99. The Hall–Kier alpha value is -2.23. The van der Waals surface area contributed by atoms with Crippen molar-refractivity contribution in [3.63, 3.8) is 0 Å². The summed E-state index contributed by atoms with van der Waals surface area (Å²) in [5, 5.41) is -0.167. The first-order valence-electron chi connectivity index (χ1n) is 8.47. The van der Waals surface area contributed by atoms with E-state index >= 15 is 0 Å². The summed E-state index contributed by atoms with van der Waals surface area (Å²) >= 11 is 6.97. The van der Waals surface area contributed by atoms with Crippen molar-refractivity contribution in [3.8, 4) is 11.5 Å². The average molecular weight is 427 g/mol. The van der Waals surface area contributed by atoms with Crippen molar-refractivity contribution in [1.29, 1.82) is 0 Å². The molecule has 2 fully saturated rings. The second-order valence-electron chi connectivity index (χ2n) is 6.00. The molecular weight excluding hydrogens is 408 g/mol. The van der Waals surface area contributed by atoms with E-state index in [0.29, 0.717) is 48.4 Å². The van der Waals surface area contributed by atoms with E-state index in [1.165, 1.54) is 20.3 Å². The van der Waals surface area contributed by atoms with Crippen LogP contribution in [0, 0.1) is 0 Å². The Morgan fingerprint density at radius 1 is 1.25 bits per heavy atom. The average Bonchev–Trinajstić information content (AvgIpc) is 2.95. The smallest absolute Gasteiger partial charge is 0.294 e. The molecule has 0 radical (unpaired) electrons. The molecule has 2 aliphatic rings. The van der Waals surface area contributed by atoms with Gasteiger partial charge in [0.15, 0.2) is 11.5 Å². The fraction of sp³-hybridized carbons (Fsp3) is 0.389. The second kappa shape index (κ2) is 8.85. The summed E-state index contributed by atoms with van der Waals surface area (Å²) < 4.78 is 15.6. The largest absolute Gasteiger partial charge is 0.493 e. The lowest BCUT2D eigenvalue weighted by molar-refractivity contribution is -0.139. The molecule has 0 spiro atoms. The molecular formula is C18H19ClN2O6S. The molecule has 0 aromatic heterocycles. The van der Waals surface area contributed by atoms with Crippen molar-refractivity contribution in [3.05, 3.63) is 27.6 Å². The van der Waals surface area contributed by atoms with Gasteiger partial charge in [0, 0.05) is 13.1 Å². The van der Waals surface area contributed by atoms with Crippen molar-refractivity contribution in [2.75, 3.05) is 47.1 Å². The molecule has 0 bridgehead atoms. The van der Waals surface area contributed by atoms with Gasteiger partial charge in [-0.15, -0.1) is 0 Å². The van der Waals surface area contributed by atoms with Gasteiger partial charge in [0.2, 0.25) is 5.91 Å². The summed E-state index contributed by atoms with van der Waals surface area (Å²) in [6, 6.07) is 3.26. The number of morpholine rings is 1. The number of imide groups is 1. The maximum absolute atomic E-state index is 12.6. The third-order valence-corrected chi connectivity index (χ3v) is 5.47. The van der Waals surface area contributed by atoms with E-state index < -0.39 is 11.1 Å². The van der Waals surface area contributed by atoms with Gasteiger partial charge in [0.1, 0.15) is 6.54 Å². The highest BCUT2D eigenvalue weighted by atomic mass is 35.5. The fourth-order valence-electron chi connectivity index (χ4n) is 2.86. The van der Waals surface area contributed by atoms with Crippen LogP contribution in [0.3, 0.4) is 0 Å². The number of rotatable bonds is 5. The summed E-state index contributed by atoms with van der Waals surface area (Å²) in [7, 11) is 2.95. The molecule has 28 heavy (non-hydrogen) atoms. The number of carbonyl (C=O) groups is 3. The van der Waals surface area contributed by atoms with Crippen molar-refractivity contribution in [1.82, 2.24) is 9.80 Å². The molecule has 0 aliphatic carbocycles. The van der Waals surface area contributed by atoms with Crippen LogP contribution in [0.2, 0.25) is 5.02 Å². The van der Waals surface area contributed by atoms with E-state index in [0.717, 1.165) is 16.7 Å². The summed E-state index contributed by atoms with van der Waals surface area (Å²) in [6.07, 6.45) is 1.54. The highest BCUT2D eigenvalue weighted by Gasteiger charge is 2.37. The van der Waals surface area contributed by atoms with Crippen LogP contribution in [-0.2, 0) is 14.3 Å². The van der Waals surface area contributed by atoms with Crippen LogP contribution in [0.4, 0.5) is 4.79 Å². The second-order valence-corrected chi connectivity index (χ2v) is 7.40. The molecule has 8 nitrogen and oxygen atoms in total. The Labute approximate surface area is 171 Å². The zero-order chi connectivity index (χ0) is 20.3. The molecule has 0 N–H and O–H groups in total. The third-order valence-electron chi connectivity index (χ3n) is 4.28. The summed E-state index contributed by atoms with van der Waals surface area (Å²) in [5.74, 6) is -0.00275. The van der Waals surface area contributed by atoms with Crippen LogP contribution in [0.5, 0.6) is 11.5 Å². The molecule has 0 atom stereocenters. The molecule has 2 aliphatic heterocycles. The molecule has 1 aromatic carbocycles. The minimum Gasteiger partial charge on any atom is -0.493 e. The number of carbonyl (C=O) groups excluding carboxylic acids is 3. The van der Waals surface area contributed by atoms with Gasteiger partial charge >= 0.3 is 0 Å². The van der Waals surface area contributed by atoms with Crippen LogP contribution in [0.25, 0.3) is 6.08 Å². The topological polar surface area (TPSA) is 85.4 Å². The van der Waals surface area contributed by atoms with E-state index in [1.807, 2.05) is 0 Å². The van der Waals surface area contributed by atoms with Gasteiger partial charge in [-0.2, -0.15) is 0 Å². The van der Waals surface area contributed by atoms with Crippen LogP contribution >= 0.6 is 23.4 Å². The van der Waals surface area contributed by atoms with Gasteiger partial charge in [-0.3, -0.25) is 19.3 Å². The van der Waals surface area contributed by atoms with Gasteiger partial charge < -0.3 is 19.1 Å². The van der Waals surface area contributed by atoms with E-state index in [4.69, 9.17) is 25.8 Å². The Balaban J connectivity index is 1.77. The highest BCUT2D eigenvalue weighted by Crippen LogP contribution is 2.38. The SMILES string of the molecule is COc1cc(/C=C2\SC(=O)N(CC(=O)N3CCOCC3)C2=O)cc(Cl)c1OC. The van der Waals surface area contributed by atoms with Crippen LogP contribution in [0.1, 0.15) is 5.56 Å². The number of thioether (sulfide) groups is 1. The number of ether oxygens (including phenoxy) is 3. The van der Waals surface area contributed by atoms with Crippen molar-refractivity contribution in [2.24, 2.45) is 0 Å². The number of hydrogen-bond donors (Lipinski definition) is 0. The lowest BCUT2D eigenvalue weighted by Gasteiger charge is -2.28. The first-order chi connectivity index (χ1) is 13.4. The minimum atomic E-state index is -0.512. The number of benzene rings is 1. The Morgan fingerprint density at radius 3 is 2.61 bits per heavy atom. The molecule has 1 aromatic rings. The van der Waals surface area contributed by atoms with Crippen molar-refractivity contribution >= 4 is 46.5 Å². The van der Waals surface area contributed by atoms with E-state index in [9.17, 15) is 14.4 Å². The van der Waals surface area contributed by atoms with Crippen molar-refractivity contribution < 1.29 is 28.6 Å². The lowest BCUT2D eigenvalue weighted by atomic mass is 10.2. The molecule has 0 saturated carbocycles. The standard InChI is InChI=1S/C18H19ClN2O6S/c1-25-13-8-11(7-12(19)16(13)26-2)9-14-17(23)21(18(24)28-14)10-15(22)20-3-5-27-6-4-20/h7-9H,3-6,10H2,1-2H3/b14-9-. The van der Waals surface area contributed by atoms with E-state index in [2.05, 4.69) is 0 Å². The van der Waals surface area contributed by atoms with Crippen molar-refractivity contribution in [2.45, 2.75) is 0 Å². The number of amides is 3. The quantitative estimate of drug-likeness (QED) is 0.667. The van der Waals surface area contributed by atoms with E-state index in [1.54, 1.807) is 17.0 Å². The van der Waals surface area contributed by atoms with Crippen LogP contribution in [-0.4, -0.2) is 73.9 Å². The summed E-state index contributed by atoms with van der Waals surface area (Å²) in [4.78, 5) is 40.0. The Morgan fingerprint density at radius 2 is 1.96 bits per heavy atom. The zero-order valence-electron chi connectivity index (χ0n) is 15.4. The van der Waals surface area contributed by atoms with Gasteiger partial charge in [-0.25, -0.2) is 0 Å². The predicted octanol–water partition coefficient (Wildman–Crippen LogP) is 2.25. The number of nitrogens with zero attached hydrogens (tertiary/aromatic N) is 2. The number of hydrogen-bond acceptors (Lipinski definition) is 7. The number of methoxy groups -OCH3 is 2. The lowest BCUT2D eigenvalue weighted by Crippen LogP contribution is -2.46. The Kier molecular flexibility index (Phi) is 6.48. The minimum absolute atomic E-state index is 0.211. The van der Waals surface area contributed by atoms with Crippen LogP contribution < -0.4 is 9.47 Å². The van der Waals surface area contributed by atoms with Gasteiger partial charge in [0.05, 0.1) is 37.4 Å². The number of halogens is 1. The monoisotopic (exact) mass is 426 g/mol. The summed E-state index contributed by atoms with van der Waals surface area (Å²) in [5.41, 5.74) is 0.577. The van der Waals surface area contributed by atoms with Gasteiger partial charge in [-0.05, 0) is 35.5 Å². The maximum Gasteiger partial charge on any atom is 0.294 e. The first kappa shape index (κ1) is 20.5. The highest BCUT2D eigenvalue weighted by molar-refractivity contribution is 8.18. The third kappa shape index (κ3) is 4.26. The van der Waals surface area contributed by atoms with Gasteiger partial charge in [-0.1, -0.05) is 11.6 Å². The maximum atomic E-state index is 12.6. The van der Waals surface area contributed by atoms with Gasteiger partial charge in [0.25, 0.3) is 11.1 Å². The summed E-state index contributed by atoms with van der Waals surface area (Å²) in [6.45, 7) is 1.53. The molecule has 2 heterocycles. The molecule has 150 valence electrons. The zero-order valence-corrected chi connectivity index (χ0v) is 17.0. The molecule has 3 rings (SSSR count). The Bertz CT molecular complexity index is 838.